The van der Waals surface area contributed by atoms with E-state index in [0.29, 0.717) is 5.92 Å². The summed E-state index contributed by atoms with van der Waals surface area (Å²) in [6.07, 6.45) is 11.6. The third-order valence-corrected chi connectivity index (χ3v) is 4.02. The van der Waals surface area contributed by atoms with Gasteiger partial charge >= 0.3 is 0 Å². The van der Waals surface area contributed by atoms with E-state index in [-0.39, 0.29) is 5.54 Å². The minimum absolute atomic E-state index is 0.245. The first kappa shape index (κ1) is 14.9. The molecule has 0 fully saturated rings. The van der Waals surface area contributed by atoms with Crippen LogP contribution in [0.15, 0.2) is 28.3 Å². The van der Waals surface area contributed by atoms with Crippen LogP contribution in [0.4, 0.5) is 0 Å². The van der Waals surface area contributed by atoms with E-state index in [9.17, 15) is 4.79 Å². The Kier molecular flexibility index (Phi) is 5.55. The monoisotopic (exact) mass is 247 g/mol. The van der Waals surface area contributed by atoms with E-state index >= 15 is 0 Å². The molecule has 0 saturated carbocycles. The first-order valence-electron chi connectivity index (χ1n) is 6.86. The quantitative estimate of drug-likeness (QED) is 0.397. The van der Waals surface area contributed by atoms with Crippen LogP contribution in [0.3, 0.4) is 0 Å². The number of allylic oxidation sites excluding steroid dienone is 4. The van der Waals surface area contributed by atoms with Crippen molar-refractivity contribution in [3.63, 3.8) is 0 Å². The topological polar surface area (TPSA) is 29.4 Å². The SMILES string of the molecule is CC(C)=CCC[C@](C)(N=C=O)[C@H]1CC=C(C)CC1. The van der Waals surface area contributed by atoms with E-state index in [1.54, 1.807) is 6.08 Å². The highest BCUT2D eigenvalue weighted by molar-refractivity contribution is 5.35. The maximum absolute atomic E-state index is 10.7. The number of hydrogen-bond donors (Lipinski definition) is 0. The second-order valence-electron chi connectivity index (χ2n) is 5.90. The van der Waals surface area contributed by atoms with Crippen LogP contribution < -0.4 is 0 Å². The van der Waals surface area contributed by atoms with Crippen LogP contribution >= 0.6 is 0 Å². The fourth-order valence-corrected chi connectivity index (χ4v) is 2.64. The van der Waals surface area contributed by atoms with E-state index in [4.69, 9.17) is 0 Å². The largest absolute Gasteiger partial charge is 0.235 e. The molecule has 0 spiro atoms. The zero-order valence-corrected chi connectivity index (χ0v) is 12.1. The van der Waals surface area contributed by atoms with Crippen LogP contribution in [0.1, 0.15) is 59.8 Å². The Bertz CT molecular complexity index is 384. The fraction of sp³-hybridized carbons (Fsp3) is 0.688. The van der Waals surface area contributed by atoms with Crippen LogP contribution in [0.2, 0.25) is 0 Å². The molecule has 0 saturated heterocycles. The Morgan fingerprint density at radius 3 is 2.83 bits per heavy atom. The third-order valence-electron chi connectivity index (χ3n) is 4.02. The van der Waals surface area contributed by atoms with Crippen molar-refractivity contribution < 1.29 is 4.79 Å². The summed E-state index contributed by atoms with van der Waals surface area (Å²) in [5.41, 5.74) is 2.55. The summed E-state index contributed by atoms with van der Waals surface area (Å²) >= 11 is 0. The first-order chi connectivity index (χ1) is 8.48. The van der Waals surface area contributed by atoms with Gasteiger partial charge in [-0.25, -0.2) is 4.79 Å². The molecule has 0 aromatic carbocycles. The predicted molar refractivity (Wildman–Crippen MR) is 76.3 cm³/mol. The summed E-state index contributed by atoms with van der Waals surface area (Å²) < 4.78 is 0. The Labute approximate surface area is 111 Å². The van der Waals surface area contributed by atoms with Crippen LogP contribution in [0, 0.1) is 5.92 Å². The van der Waals surface area contributed by atoms with Gasteiger partial charge in [-0.05, 0) is 65.7 Å². The normalized spacial score (nSPS) is 22.4. The first-order valence-corrected chi connectivity index (χ1v) is 6.86. The van der Waals surface area contributed by atoms with Crippen molar-refractivity contribution in [1.82, 2.24) is 0 Å². The maximum Gasteiger partial charge on any atom is 0.235 e. The minimum atomic E-state index is -0.245. The molecule has 0 heterocycles. The highest BCUT2D eigenvalue weighted by Crippen LogP contribution is 2.37. The van der Waals surface area contributed by atoms with E-state index in [2.05, 4.69) is 44.8 Å². The molecule has 0 amide bonds. The van der Waals surface area contributed by atoms with Gasteiger partial charge in [0.1, 0.15) is 0 Å². The molecule has 100 valence electrons. The van der Waals surface area contributed by atoms with Crippen LogP contribution in [0.25, 0.3) is 0 Å². The van der Waals surface area contributed by atoms with Crippen molar-refractivity contribution in [1.29, 1.82) is 0 Å². The molecule has 0 radical (unpaired) electrons. The molecule has 1 aliphatic carbocycles. The molecule has 2 heteroatoms. The molecule has 1 rings (SSSR count). The van der Waals surface area contributed by atoms with Gasteiger partial charge in [-0.1, -0.05) is 23.3 Å². The van der Waals surface area contributed by atoms with Crippen LogP contribution in [-0.2, 0) is 4.79 Å². The Morgan fingerprint density at radius 2 is 2.33 bits per heavy atom. The predicted octanol–water partition coefficient (Wildman–Crippen LogP) is 4.57. The average Bonchev–Trinajstić information content (AvgIpc) is 2.29. The van der Waals surface area contributed by atoms with Crippen LogP contribution in [0.5, 0.6) is 0 Å². The summed E-state index contributed by atoms with van der Waals surface area (Å²) in [6.45, 7) is 8.50. The maximum atomic E-state index is 10.7. The van der Waals surface area contributed by atoms with Crippen molar-refractivity contribution >= 4 is 6.08 Å². The van der Waals surface area contributed by atoms with Gasteiger partial charge in [0.05, 0.1) is 5.54 Å². The van der Waals surface area contributed by atoms with Gasteiger partial charge in [0.2, 0.25) is 6.08 Å². The molecular weight excluding hydrogens is 222 g/mol. The van der Waals surface area contributed by atoms with E-state index < -0.39 is 0 Å². The molecule has 2 atom stereocenters. The van der Waals surface area contributed by atoms with Gasteiger partial charge in [-0.2, -0.15) is 4.99 Å². The second kappa shape index (κ2) is 6.70. The highest BCUT2D eigenvalue weighted by Gasteiger charge is 2.33. The smallest absolute Gasteiger partial charge is 0.211 e. The lowest BCUT2D eigenvalue weighted by atomic mass is 9.74. The number of isocyanates is 1. The molecule has 1 aliphatic rings. The number of aliphatic imine (C=N–C) groups is 1. The molecule has 0 bridgehead atoms. The number of nitrogens with zero attached hydrogens (tertiary/aromatic N) is 1. The molecule has 0 unspecified atom stereocenters. The van der Waals surface area contributed by atoms with Gasteiger partial charge in [-0.15, -0.1) is 0 Å². The third kappa shape index (κ3) is 4.27. The second-order valence-corrected chi connectivity index (χ2v) is 5.90. The van der Waals surface area contributed by atoms with E-state index in [0.717, 1.165) is 32.1 Å². The molecule has 0 N–H and O–H groups in total. The lowest BCUT2D eigenvalue weighted by molar-refractivity contribution is 0.258. The Hall–Kier alpha value is -1.14. The van der Waals surface area contributed by atoms with Gasteiger partial charge in [0.15, 0.2) is 0 Å². The summed E-state index contributed by atoms with van der Waals surface area (Å²) in [4.78, 5) is 14.8. The summed E-state index contributed by atoms with van der Waals surface area (Å²) in [7, 11) is 0. The van der Waals surface area contributed by atoms with Crippen molar-refractivity contribution in [2.45, 2.75) is 65.3 Å². The van der Waals surface area contributed by atoms with Crippen molar-refractivity contribution in [3.8, 4) is 0 Å². The van der Waals surface area contributed by atoms with Crippen molar-refractivity contribution in [2.24, 2.45) is 10.9 Å². The van der Waals surface area contributed by atoms with E-state index in [1.807, 2.05) is 0 Å². The van der Waals surface area contributed by atoms with Gasteiger partial charge in [-0.3, -0.25) is 0 Å². The molecule has 18 heavy (non-hydrogen) atoms. The minimum Gasteiger partial charge on any atom is -0.211 e. The molecule has 0 aliphatic heterocycles. The van der Waals surface area contributed by atoms with Crippen LogP contribution in [-0.4, -0.2) is 11.6 Å². The molecular formula is C16H25NO. The van der Waals surface area contributed by atoms with Crippen molar-refractivity contribution in [2.75, 3.05) is 0 Å². The van der Waals surface area contributed by atoms with Gasteiger partial charge in [0.25, 0.3) is 0 Å². The van der Waals surface area contributed by atoms with Gasteiger partial charge in [0, 0.05) is 0 Å². The molecule has 0 aromatic heterocycles. The zero-order valence-electron chi connectivity index (χ0n) is 12.1. The highest BCUT2D eigenvalue weighted by atomic mass is 16.1. The van der Waals surface area contributed by atoms with Gasteiger partial charge < -0.3 is 0 Å². The Balaban J connectivity index is 2.74. The lowest BCUT2D eigenvalue weighted by Crippen LogP contribution is -2.33. The standard InChI is InChI=1S/C16H25NO/c1-13(2)6-5-11-16(4,17-12-18)15-9-7-14(3)8-10-15/h6-7,15H,5,8-11H2,1-4H3/t15-,16-/m0/s1. The average molecular weight is 247 g/mol. The molecule has 0 aromatic rings. The lowest BCUT2D eigenvalue weighted by Gasteiger charge is -2.34. The summed E-state index contributed by atoms with van der Waals surface area (Å²) in [5.74, 6) is 0.480. The summed E-state index contributed by atoms with van der Waals surface area (Å²) in [5, 5.41) is 0. The van der Waals surface area contributed by atoms with Crippen molar-refractivity contribution in [3.05, 3.63) is 23.3 Å². The Morgan fingerprint density at radius 1 is 1.61 bits per heavy atom. The summed E-state index contributed by atoms with van der Waals surface area (Å²) in [6, 6.07) is 0. The molecule has 2 nitrogen and oxygen atoms in total. The number of hydrogen-bond acceptors (Lipinski definition) is 2. The number of carbonyl (C=O) groups excluding carboxylic acids is 1. The van der Waals surface area contributed by atoms with E-state index in [1.165, 1.54) is 11.1 Å². The number of rotatable bonds is 5. The fourth-order valence-electron chi connectivity index (χ4n) is 2.64. The zero-order chi connectivity index (χ0) is 13.6.